The predicted octanol–water partition coefficient (Wildman–Crippen LogP) is -2.74. The second kappa shape index (κ2) is 9.71. The van der Waals surface area contributed by atoms with Crippen LogP contribution in [0.25, 0.3) is 0 Å². The molecule has 3 heterocycles. The Labute approximate surface area is 244 Å². The van der Waals surface area contributed by atoms with Crippen LogP contribution in [0.4, 0.5) is 0 Å². The second-order valence-electron chi connectivity index (χ2n) is 10.7. The number of aliphatic hydroxyl groups excluding tert-OH is 3. The van der Waals surface area contributed by atoms with E-state index in [4.69, 9.17) is 23.7 Å². The molecule has 1 aliphatic carbocycles. The summed E-state index contributed by atoms with van der Waals surface area (Å²) in [5.41, 5.74) is -4.77. The predicted molar refractivity (Wildman–Crippen MR) is 131 cm³/mol. The summed E-state index contributed by atoms with van der Waals surface area (Å²) >= 11 is 0. The lowest BCUT2D eigenvalue weighted by Crippen LogP contribution is -2.62. The van der Waals surface area contributed by atoms with Crippen molar-refractivity contribution in [1.82, 2.24) is 0 Å². The summed E-state index contributed by atoms with van der Waals surface area (Å²) in [6.07, 6.45) is -13.0. The lowest BCUT2D eigenvalue weighted by molar-refractivity contribution is -0.290. The van der Waals surface area contributed by atoms with Gasteiger partial charge in [-0.3, -0.25) is 0 Å². The van der Waals surface area contributed by atoms with Gasteiger partial charge in [0.2, 0.25) is 17.8 Å². The van der Waals surface area contributed by atoms with Gasteiger partial charge in [0.05, 0.1) is 23.7 Å². The van der Waals surface area contributed by atoms with E-state index in [0.717, 1.165) is 0 Å². The third-order valence-electron chi connectivity index (χ3n) is 8.09. The van der Waals surface area contributed by atoms with E-state index >= 15 is 0 Å². The third-order valence-corrected chi connectivity index (χ3v) is 8.09. The molecule has 236 valence electrons. The Kier molecular flexibility index (Phi) is 6.50. The lowest BCUT2D eigenvalue weighted by Gasteiger charge is -2.42. The van der Waals surface area contributed by atoms with Crippen molar-refractivity contribution in [3.63, 3.8) is 0 Å². The molecule has 2 aromatic carbocycles. The number of carbonyl (C=O) groups excluding carboxylic acids is 3. The van der Waals surface area contributed by atoms with Crippen molar-refractivity contribution in [2.75, 3.05) is 6.61 Å². The van der Waals surface area contributed by atoms with Gasteiger partial charge in [-0.25, -0.2) is 14.4 Å². The summed E-state index contributed by atoms with van der Waals surface area (Å²) in [4.78, 5) is 40.0. The number of hydrogen-bond acceptors (Lipinski definition) is 18. The molecule has 6 rings (SSSR count). The van der Waals surface area contributed by atoms with E-state index in [0.29, 0.717) is 18.2 Å². The molecule has 0 aromatic heterocycles. The molecule has 4 unspecified atom stereocenters. The van der Waals surface area contributed by atoms with Crippen LogP contribution in [0.3, 0.4) is 0 Å². The zero-order chi connectivity index (χ0) is 32.0. The van der Waals surface area contributed by atoms with Gasteiger partial charge in [0.15, 0.2) is 46.6 Å². The van der Waals surface area contributed by atoms with Gasteiger partial charge in [0, 0.05) is 12.0 Å². The first kappa shape index (κ1) is 29.5. The number of phenols is 5. The van der Waals surface area contributed by atoms with Crippen LogP contribution in [0.1, 0.15) is 38.6 Å². The van der Waals surface area contributed by atoms with E-state index in [1.807, 2.05) is 0 Å². The van der Waals surface area contributed by atoms with Crippen LogP contribution in [0, 0.1) is 0 Å². The first-order valence-electron chi connectivity index (χ1n) is 12.8. The smallest absolute Gasteiger partial charge is 0.340 e. The van der Waals surface area contributed by atoms with Crippen LogP contribution in [0.5, 0.6) is 34.5 Å². The molecular formula is C26H24O18. The number of rotatable bonds is 3. The van der Waals surface area contributed by atoms with Gasteiger partial charge in [-0.2, -0.15) is 0 Å². The van der Waals surface area contributed by atoms with Crippen LogP contribution in [-0.4, -0.2) is 124 Å². The second-order valence-corrected chi connectivity index (χ2v) is 10.7. The van der Waals surface area contributed by atoms with Crippen molar-refractivity contribution in [2.45, 2.75) is 60.5 Å². The monoisotopic (exact) mass is 624 g/mol. The highest BCUT2D eigenvalue weighted by Gasteiger charge is 2.73. The Morgan fingerprint density at radius 2 is 1.57 bits per heavy atom. The first-order valence-corrected chi connectivity index (χ1v) is 12.8. The molecule has 4 aliphatic rings. The highest BCUT2D eigenvalue weighted by Crippen LogP contribution is 2.62. The number of aliphatic hydroxyl groups is 5. The van der Waals surface area contributed by atoms with Crippen molar-refractivity contribution < 1.29 is 89.1 Å². The molecule has 44 heavy (non-hydrogen) atoms. The van der Waals surface area contributed by atoms with Crippen LogP contribution in [0.2, 0.25) is 0 Å². The fourth-order valence-corrected chi connectivity index (χ4v) is 5.95. The number of esters is 3. The Hall–Kier alpha value is -4.59. The van der Waals surface area contributed by atoms with Crippen molar-refractivity contribution in [3.05, 3.63) is 34.9 Å². The maximum Gasteiger partial charge on any atom is 0.340 e. The number of aromatic hydroxyl groups is 5. The minimum Gasteiger partial charge on any atom is -0.504 e. The molecule has 2 bridgehead atoms. The van der Waals surface area contributed by atoms with Gasteiger partial charge in [-0.1, -0.05) is 0 Å². The van der Waals surface area contributed by atoms with Gasteiger partial charge in [0.25, 0.3) is 0 Å². The maximum absolute atomic E-state index is 13.6. The number of ether oxygens (including phenoxy) is 5. The maximum atomic E-state index is 13.6. The molecule has 2 aromatic rings. The summed E-state index contributed by atoms with van der Waals surface area (Å²) in [7, 11) is 0. The van der Waals surface area contributed by atoms with E-state index in [-0.39, 0.29) is 0 Å². The largest absolute Gasteiger partial charge is 0.504 e. The number of carbonyl (C=O) groups is 3. The summed E-state index contributed by atoms with van der Waals surface area (Å²) in [6, 6.07) is 2.03. The van der Waals surface area contributed by atoms with Gasteiger partial charge in [-0.05, 0) is 18.2 Å². The van der Waals surface area contributed by atoms with Crippen molar-refractivity contribution in [2.24, 2.45) is 0 Å². The van der Waals surface area contributed by atoms with Crippen LogP contribution >= 0.6 is 0 Å². The fraction of sp³-hybridized carbons (Fsp3) is 0.423. The zero-order valence-electron chi connectivity index (χ0n) is 21.9. The molecule has 1 saturated carbocycles. The van der Waals surface area contributed by atoms with Crippen LogP contribution in [0.15, 0.2) is 18.2 Å². The molecule has 1 saturated heterocycles. The van der Waals surface area contributed by atoms with Crippen LogP contribution < -0.4 is 4.74 Å². The minimum absolute atomic E-state index is 0.556. The molecular weight excluding hydrogens is 600 g/mol. The number of benzene rings is 2. The van der Waals surface area contributed by atoms with E-state index in [1.54, 1.807) is 0 Å². The van der Waals surface area contributed by atoms with E-state index in [1.165, 1.54) is 0 Å². The molecule has 2 fully saturated rings. The average Bonchev–Trinajstić information content (AvgIpc) is 3.40. The average molecular weight is 624 g/mol. The summed E-state index contributed by atoms with van der Waals surface area (Å²) in [5, 5.41) is 104. The quantitative estimate of drug-likeness (QED) is 0.0941. The minimum atomic E-state index is -2.90. The summed E-state index contributed by atoms with van der Waals surface area (Å²) < 4.78 is 26.7. The van der Waals surface area contributed by atoms with Gasteiger partial charge < -0.3 is 74.7 Å². The number of fused-ring (bicyclic) bond motifs is 2. The van der Waals surface area contributed by atoms with Gasteiger partial charge in [0.1, 0.15) is 18.3 Å². The van der Waals surface area contributed by atoms with Gasteiger partial charge >= 0.3 is 17.9 Å². The summed E-state index contributed by atoms with van der Waals surface area (Å²) in [6.45, 7) is -1.02. The highest BCUT2D eigenvalue weighted by atomic mass is 16.7. The van der Waals surface area contributed by atoms with Crippen molar-refractivity contribution >= 4 is 17.9 Å². The van der Waals surface area contributed by atoms with E-state index < -0.39 is 136 Å². The molecule has 9 atom stereocenters. The molecule has 3 aliphatic heterocycles. The molecule has 0 amide bonds. The SMILES string of the molecule is O=C(O[C@@H]1O[C@H](CO)[C@H]2OC(=O)C3(O)CC(O)C4(O)Oc5c(O)c(O)cc(c5C34)C(=O)O[C@@H]1[C@@H]2O)c1cc(O)c(O)c(O)c1. The molecule has 0 radical (unpaired) electrons. The van der Waals surface area contributed by atoms with E-state index in [2.05, 4.69) is 0 Å². The van der Waals surface area contributed by atoms with Crippen molar-refractivity contribution in [1.29, 1.82) is 0 Å². The Morgan fingerprint density at radius 3 is 2.20 bits per heavy atom. The zero-order valence-corrected chi connectivity index (χ0v) is 21.9. The summed E-state index contributed by atoms with van der Waals surface area (Å²) in [5.74, 6) is -14.9. The van der Waals surface area contributed by atoms with Crippen molar-refractivity contribution in [3.8, 4) is 34.5 Å². The van der Waals surface area contributed by atoms with Crippen LogP contribution in [-0.2, 0) is 23.7 Å². The standard InChI is InChI=1S/C26H24O18/c27-5-11-17-16(34)19(23(40-11)43-21(35)6-1-8(28)14(32)9(29)2-6)41-22(36)7-3-10(30)15(33)18-13(7)20-25(38,24(37)42-17)4-12(31)26(20,39)44-18/h1-3,11-12,16-17,19-20,23,27-34,38-39H,4-5H2/t11-,12?,16-,17-,19-,20?,23+,25?,26?/m1/s1. The topological polar surface area (TPSA) is 300 Å². The molecule has 10 N–H and O–H groups in total. The lowest BCUT2D eigenvalue weighted by atomic mass is 9.81. The third kappa shape index (κ3) is 4.00. The Morgan fingerprint density at radius 1 is 0.932 bits per heavy atom. The number of hydrogen-bond donors (Lipinski definition) is 10. The Bertz CT molecular complexity index is 1570. The Balaban J connectivity index is 1.46. The molecule has 18 heteroatoms. The van der Waals surface area contributed by atoms with E-state index in [9.17, 15) is 65.4 Å². The van der Waals surface area contributed by atoms with Gasteiger partial charge in [-0.15, -0.1) is 0 Å². The molecule has 18 nitrogen and oxygen atoms in total. The number of phenolic OH excluding ortho intramolecular Hbond substituents is 5. The fourth-order valence-electron chi connectivity index (χ4n) is 5.95. The first-order chi connectivity index (χ1) is 20.6. The highest BCUT2D eigenvalue weighted by molar-refractivity contribution is 5.96. The normalized spacial score (nSPS) is 35.5. The molecule has 0 spiro atoms.